The Labute approximate surface area is 82.5 Å². The van der Waals surface area contributed by atoms with Gasteiger partial charge in [0.1, 0.15) is 11.5 Å². The van der Waals surface area contributed by atoms with E-state index in [1.807, 2.05) is 0 Å². The number of benzene rings is 1. The van der Waals surface area contributed by atoms with Gasteiger partial charge in [-0.1, -0.05) is 17.7 Å². The second kappa shape index (κ2) is 4.28. The minimum absolute atomic E-state index is 0.0754. The van der Waals surface area contributed by atoms with E-state index in [-0.39, 0.29) is 5.78 Å². The predicted molar refractivity (Wildman–Crippen MR) is 52.4 cm³/mol. The highest BCUT2D eigenvalue weighted by atomic mass is 35.5. The van der Waals surface area contributed by atoms with Crippen molar-refractivity contribution in [2.75, 3.05) is 7.11 Å². The van der Waals surface area contributed by atoms with E-state index in [1.54, 1.807) is 25.3 Å². The van der Waals surface area contributed by atoms with E-state index >= 15 is 0 Å². The zero-order valence-corrected chi connectivity index (χ0v) is 8.39. The maximum Gasteiger partial charge on any atom is 0.134 e. The van der Waals surface area contributed by atoms with E-state index in [9.17, 15) is 4.79 Å². The van der Waals surface area contributed by atoms with Gasteiger partial charge in [-0.2, -0.15) is 0 Å². The van der Waals surface area contributed by atoms with Gasteiger partial charge >= 0.3 is 0 Å². The van der Waals surface area contributed by atoms with E-state index in [0.717, 1.165) is 5.56 Å². The Balaban J connectivity index is 3.07. The van der Waals surface area contributed by atoms with Gasteiger partial charge in [-0.3, -0.25) is 4.79 Å². The minimum Gasteiger partial charge on any atom is -0.496 e. The third-order valence-electron chi connectivity index (χ3n) is 1.72. The van der Waals surface area contributed by atoms with Crippen molar-refractivity contribution in [2.24, 2.45) is 0 Å². The van der Waals surface area contributed by atoms with Gasteiger partial charge in [-0.25, -0.2) is 0 Å². The van der Waals surface area contributed by atoms with Crippen molar-refractivity contribution >= 4 is 17.4 Å². The number of ether oxygens (including phenoxy) is 1. The Morgan fingerprint density at radius 1 is 1.54 bits per heavy atom. The largest absolute Gasteiger partial charge is 0.496 e. The molecular formula is C10H11ClO2. The highest BCUT2D eigenvalue weighted by Gasteiger charge is 2.08. The first-order chi connectivity index (χ1) is 6.15. The van der Waals surface area contributed by atoms with Crippen molar-refractivity contribution in [3.05, 3.63) is 28.8 Å². The molecule has 0 N–H and O–H groups in total. The van der Waals surface area contributed by atoms with Gasteiger partial charge < -0.3 is 4.74 Å². The van der Waals surface area contributed by atoms with Crippen molar-refractivity contribution in [3.8, 4) is 5.75 Å². The zero-order chi connectivity index (χ0) is 9.84. The molecule has 0 saturated carbocycles. The first kappa shape index (κ1) is 10.1. The Bertz CT molecular complexity index is 321. The van der Waals surface area contributed by atoms with Gasteiger partial charge in [0.2, 0.25) is 0 Å². The molecule has 0 bridgehead atoms. The molecule has 0 aromatic heterocycles. The quantitative estimate of drug-likeness (QED) is 0.746. The molecule has 3 heteroatoms. The van der Waals surface area contributed by atoms with Crippen LogP contribution in [0.1, 0.15) is 12.5 Å². The van der Waals surface area contributed by atoms with Gasteiger partial charge in [0, 0.05) is 17.0 Å². The summed E-state index contributed by atoms with van der Waals surface area (Å²) in [5.74, 6) is 0.745. The molecule has 0 saturated heterocycles. The molecule has 0 radical (unpaired) electrons. The van der Waals surface area contributed by atoms with E-state index in [0.29, 0.717) is 17.2 Å². The van der Waals surface area contributed by atoms with E-state index < -0.39 is 0 Å². The Hall–Kier alpha value is -1.02. The number of hydrogen-bond donors (Lipinski definition) is 0. The van der Waals surface area contributed by atoms with E-state index in [2.05, 4.69) is 0 Å². The number of hydrogen-bond acceptors (Lipinski definition) is 2. The average Bonchev–Trinajstić information content (AvgIpc) is 2.08. The number of carbonyl (C=O) groups is 1. The molecule has 13 heavy (non-hydrogen) atoms. The van der Waals surface area contributed by atoms with Crippen molar-refractivity contribution in [3.63, 3.8) is 0 Å². The number of methoxy groups -OCH3 is 1. The lowest BCUT2D eigenvalue weighted by Gasteiger charge is -2.07. The van der Waals surface area contributed by atoms with Crippen molar-refractivity contribution in [1.29, 1.82) is 0 Å². The summed E-state index contributed by atoms with van der Waals surface area (Å²) >= 11 is 5.92. The molecule has 0 spiro atoms. The zero-order valence-electron chi connectivity index (χ0n) is 7.63. The lowest BCUT2D eigenvalue weighted by Crippen LogP contribution is -2.00. The van der Waals surface area contributed by atoms with Gasteiger partial charge in [0.05, 0.1) is 7.11 Å². The molecule has 1 aromatic rings. The van der Waals surface area contributed by atoms with Crippen LogP contribution in [-0.2, 0) is 11.2 Å². The van der Waals surface area contributed by atoms with Crippen LogP contribution in [0, 0.1) is 0 Å². The van der Waals surface area contributed by atoms with Crippen LogP contribution in [0.15, 0.2) is 18.2 Å². The molecular weight excluding hydrogens is 188 g/mol. The van der Waals surface area contributed by atoms with Crippen LogP contribution in [0.2, 0.25) is 5.02 Å². The van der Waals surface area contributed by atoms with Crippen LogP contribution < -0.4 is 4.74 Å². The fourth-order valence-electron chi connectivity index (χ4n) is 1.15. The number of ketones is 1. The summed E-state index contributed by atoms with van der Waals surface area (Å²) in [6.07, 6.45) is 0.322. The van der Waals surface area contributed by atoms with E-state index in [1.165, 1.54) is 6.92 Å². The van der Waals surface area contributed by atoms with Crippen LogP contribution in [-0.4, -0.2) is 12.9 Å². The summed E-state index contributed by atoms with van der Waals surface area (Å²) in [6.45, 7) is 1.53. The molecule has 0 aliphatic heterocycles. The predicted octanol–water partition coefficient (Wildman–Crippen LogP) is 2.48. The summed E-state index contributed by atoms with van der Waals surface area (Å²) in [4.78, 5) is 10.9. The molecule has 2 nitrogen and oxygen atoms in total. The number of Topliss-reactive ketones (excluding diaryl/α,β-unsaturated/α-hetero) is 1. The first-order valence-corrected chi connectivity index (χ1v) is 4.33. The first-order valence-electron chi connectivity index (χ1n) is 3.96. The molecule has 0 aliphatic rings. The van der Waals surface area contributed by atoms with Gasteiger partial charge in [0.15, 0.2) is 0 Å². The third kappa shape index (κ3) is 2.46. The molecule has 1 rings (SSSR count). The highest BCUT2D eigenvalue weighted by molar-refractivity contribution is 6.31. The monoisotopic (exact) mass is 198 g/mol. The Morgan fingerprint density at radius 2 is 2.23 bits per heavy atom. The number of halogens is 1. The standard InChI is InChI=1S/C10H11ClO2/c1-7(12)6-8-9(11)4-3-5-10(8)13-2/h3-5H,6H2,1-2H3. The van der Waals surface area contributed by atoms with Gasteiger partial charge in [-0.05, 0) is 19.1 Å². The normalized spacial score (nSPS) is 9.77. The average molecular weight is 199 g/mol. The van der Waals surface area contributed by atoms with Crippen molar-refractivity contribution in [1.82, 2.24) is 0 Å². The van der Waals surface area contributed by atoms with Crippen LogP contribution in [0.4, 0.5) is 0 Å². The van der Waals surface area contributed by atoms with Crippen LogP contribution in [0.5, 0.6) is 5.75 Å². The van der Waals surface area contributed by atoms with Crippen LogP contribution in [0.25, 0.3) is 0 Å². The lowest BCUT2D eigenvalue weighted by atomic mass is 10.1. The smallest absolute Gasteiger partial charge is 0.134 e. The van der Waals surface area contributed by atoms with Crippen molar-refractivity contribution < 1.29 is 9.53 Å². The molecule has 0 fully saturated rings. The van der Waals surface area contributed by atoms with Crippen LogP contribution in [0.3, 0.4) is 0 Å². The van der Waals surface area contributed by atoms with Crippen molar-refractivity contribution in [2.45, 2.75) is 13.3 Å². The van der Waals surface area contributed by atoms with Crippen LogP contribution >= 0.6 is 11.6 Å². The summed E-state index contributed by atoms with van der Waals surface area (Å²) < 4.78 is 5.09. The second-order valence-corrected chi connectivity index (χ2v) is 3.21. The third-order valence-corrected chi connectivity index (χ3v) is 2.08. The second-order valence-electron chi connectivity index (χ2n) is 2.80. The Kier molecular flexibility index (Phi) is 3.32. The molecule has 0 amide bonds. The van der Waals surface area contributed by atoms with Gasteiger partial charge in [0.25, 0.3) is 0 Å². The molecule has 1 aromatic carbocycles. The fourth-order valence-corrected chi connectivity index (χ4v) is 1.38. The number of rotatable bonds is 3. The summed E-state index contributed by atoms with van der Waals surface area (Å²) in [7, 11) is 1.56. The lowest BCUT2D eigenvalue weighted by molar-refractivity contribution is -0.116. The topological polar surface area (TPSA) is 26.3 Å². The maximum absolute atomic E-state index is 10.9. The Morgan fingerprint density at radius 3 is 2.77 bits per heavy atom. The minimum atomic E-state index is 0.0754. The molecule has 70 valence electrons. The highest BCUT2D eigenvalue weighted by Crippen LogP contribution is 2.26. The van der Waals surface area contributed by atoms with E-state index in [4.69, 9.17) is 16.3 Å². The molecule has 0 unspecified atom stereocenters. The van der Waals surface area contributed by atoms with Gasteiger partial charge in [-0.15, -0.1) is 0 Å². The summed E-state index contributed by atoms with van der Waals surface area (Å²) in [6, 6.07) is 5.34. The SMILES string of the molecule is COc1cccc(Cl)c1CC(C)=O. The summed E-state index contributed by atoms with van der Waals surface area (Å²) in [5, 5.41) is 0.578. The molecule has 0 aliphatic carbocycles. The molecule has 0 atom stereocenters. The maximum atomic E-state index is 10.9. The summed E-state index contributed by atoms with van der Waals surface area (Å²) in [5.41, 5.74) is 0.763. The fraction of sp³-hybridized carbons (Fsp3) is 0.300. The molecule has 0 heterocycles. The number of carbonyl (C=O) groups excluding carboxylic acids is 1.